The molecule has 7 nitrogen and oxygen atoms in total. The van der Waals surface area contributed by atoms with Crippen LogP contribution in [0.25, 0.3) is 0 Å². The normalized spacial score (nSPS) is 10.9. The van der Waals surface area contributed by atoms with Crippen molar-refractivity contribution >= 4 is 17.7 Å². The summed E-state index contributed by atoms with van der Waals surface area (Å²) in [6.07, 6.45) is -4.63. The molecule has 0 aliphatic rings. The Kier molecular flexibility index (Phi) is 4.73. The van der Waals surface area contributed by atoms with Gasteiger partial charge >= 0.3 is 12.2 Å². The number of anilines is 2. The highest BCUT2D eigenvalue weighted by Crippen LogP contribution is 2.28. The van der Waals surface area contributed by atoms with Crippen LogP contribution >= 0.6 is 0 Å². The number of urea groups is 1. The minimum absolute atomic E-state index is 0.00190. The number of primary amides is 1. The molecule has 1 aromatic heterocycles. The van der Waals surface area contributed by atoms with E-state index in [1.54, 1.807) is 0 Å². The molecule has 2 amide bonds. The van der Waals surface area contributed by atoms with Crippen LogP contribution in [0.15, 0.2) is 6.07 Å². The van der Waals surface area contributed by atoms with Gasteiger partial charge in [-0.25, -0.2) is 14.8 Å². The van der Waals surface area contributed by atoms with Gasteiger partial charge in [0, 0.05) is 26.2 Å². The molecule has 0 unspecified atom stereocenters. The second-order valence-electron chi connectivity index (χ2n) is 3.43. The van der Waals surface area contributed by atoms with E-state index in [2.05, 4.69) is 25.9 Å². The summed E-state index contributed by atoms with van der Waals surface area (Å²) in [5, 5.41) is 7.42. The fourth-order valence-corrected chi connectivity index (χ4v) is 1.17. The number of halogens is 3. The van der Waals surface area contributed by atoms with E-state index < -0.39 is 18.0 Å². The van der Waals surface area contributed by atoms with E-state index in [-0.39, 0.29) is 24.7 Å². The van der Waals surface area contributed by atoms with Gasteiger partial charge in [-0.1, -0.05) is 0 Å². The second kappa shape index (κ2) is 6.07. The maximum absolute atomic E-state index is 12.5. The monoisotopic (exact) mass is 278 g/mol. The zero-order valence-electron chi connectivity index (χ0n) is 10.0. The van der Waals surface area contributed by atoms with Crippen molar-refractivity contribution < 1.29 is 18.0 Å². The lowest BCUT2D eigenvalue weighted by atomic mass is 10.4. The summed E-state index contributed by atoms with van der Waals surface area (Å²) in [5.41, 5.74) is 4.84. The van der Waals surface area contributed by atoms with Crippen LogP contribution in [0.5, 0.6) is 0 Å². The lowest BCUT2D eigenvalue weighted by Gasteiger charge is -2.11. The fraction of sp³-hybridized carbons (Fsp3) is 0.444. The maximum atomic E-state index is 12.5. The number of nitrogens with one attached hydrogen (secondary N) is 3. The molecule has 0 fully saturated rings. The summed E-state index contributed by atoms with van der Waals surface area (Å²) >= 11 is 0. The smallest absolute Gasteiger partial charge is 0.373 e. The Morgan fingerprint density at radius 2 is 1.95 bits per heavy atom. The van der Waals surface area contributed by atoms with Gasteiger partial charge in [0.15, 0.2) is 0 Å². The Bertz CT molecular complexity index is 450. The van der Waals surface area contributed by atoms with E-state index in [9.17, 15) is 18.0 Å². The Morgan fingerprint density at radius 3 is 2.47 bits per heavy atom. The first-order chi connectivity index (χ1) is 8.82. The molecule has 0 spiro atoms. The molecule has 1 aromatic rings. The van der Waals surface area contributed by atoms with Crippen LogP contribution in [0.4, 0.5) is 29.6 Å². The maximum Gasteiger partial charge on any atom is 0.451 e. The number of hydrogen-bond donors (Lipinski definition) is 4. The largest absolute Gasteiger partial charge is 0.451 e. The van der Waals surface area contributed by atoms with Crippen molar-refractivity contribution in [2.45, 2.75) is 6.18 Å². The Hall–Kier alpha value is -2.26. The van der Waals surface area contributed by atoms with Crippen LogP contribution in [0.2, 0.25) is 0 Å². The topological polar surface area (TPSA) is 105 Å². The third-order valence-corrected chi connectivity index (χ3v) is 1.97. The van der Waals surface area contributed by atoms with Crippen molar-refractivity contribution in [3.05, 3.63) is 11.9 Å². The van der Waals surface area contributed by atoms with Crippen molar-refractivity contribution in [3.63, 3.8) is 0 Å². The first kappa shape index (κ1) is 14.8. The van der Waals surface area contributed by atoms with Crippen LogP contribution in [0.1, 0.15) is 5.82 Å². The van der Waals surface area contributed by atoms with Crippen LogP contribution < -0.4 is 21.7 Å². The number of amides is 2. The van der Waals surface area contributed by atoms with E-state index in [4.69, 9.17) is 5.73 Å². The predicted molar refractivity (Wildman–Crippen MR) is 62.7 cm³/mol. The Labute approximate surface area is 106 Å². The number of nitrogens with two attached hydrogens (primary N) is 1. The highest BCUT2D eigenvalue weighted by Gasteiger charge is 2.35. The second-order valence-corrected chi connectivity index (χ2v) is 3.43. The van der Waals surface area contributed by atoms with Crippen molar-refractivity contribution in [3.8, 4) is 0 Å². The Morgan fingerprint density at radius 1 is 1.32 bits per heavy atom. The molecular formula is C9H13F3N6O. The van der Waals surface area contributed by atoms with Crippen molar-refractivity contribution in [1.29, 1.82) is 0 Å². The highest BCUT2D eigenvalue weighted by atomic mass is 19.4. The predicted octanol–water partition coefficient (Wildman–Crippen LogP) is 0.617. The summed E-state index contributed by atoms with van der Waals surface area (Å²) in [7, 11) is 1.45. The van der Waals surface area contributed by atoms with Crippen LogP contribution in [-0.2, 0) is 6.18 Å². The van der Waals surface area contributed by atoms with Crippen molar-refractivity contribution in [1.82, 2.24) is 15.3 Å². The molecule has 0 aliphatic carbocycles. The minimum Gasteiger partial charge on any atom is -0.373 e. The third kappa shape index (κ3) is 4.85. The molecule has 0 radical (unpaired) electrons. The fourth-order valence-electron chi connectivity index (χ4n) is 1.17. The SMILES string of the molecule is CNc1cc(NCCNC(N)=O)nc(C(F)(F)F)n1. The standard InChI is InChI=1S/C9H13F3N6O/c1-14-5-4-6(15-2-3-16-8(13)19)18-7(17-5)9(10,11)12/h4H,2-3H2,1H3,(H3,13,16,19)(H2,14,15,17,18). The van der Waals surface area contributed by atoms with Crippen LogP contribution in [-0.4, -0.2) is 36.1 Å². The quantitative estimate of drug-likeness (QED) is 0.591. The summed E-state index contributed by atoms with van der Waals surface area (Å²) in [6.45, 7) is 0.343. The van der Waals surface area contributed by atoms with E-state index in [1.165, 1.54) is 13.1 Å². The van der Waals surface area contributed by atoms with E-state index in [1.807, 2.05) is 0 Å². The molecule has 0 saturated heterocycles. The molecule has 0 saturated carbocycles. The lowest BCUT2D eigenvalue weighted by molar-refractivity contribution is -0.144. The van der Waals surface area contributed by atoms with E-state index in [0.29, 0.717) is 0 Å². The van der Waals surface area contributed by atoms with Gasteiger partial charge < -0.3 is 21.7 Å². The molecule has 5 N–H and O–H groups in total. The molecule has 106 valence electrons. The summed E-state index contributed by atoms with van der Waals surface area (Å²) in [5.74, 6) is -1.21. The summed E-state index contributed by atoms with van der Waals surface area (Å²) in [6, 6.07) is 0.607. The number of carbonyl (C=O) groups excluding carboxylic acids is 1. The lowest BCUT2D eigenvalue weighted by Crippen LogP contribution is -2.33. The number of aromatic nitrogens is 2. The molecule has 0 aliphatic heterocycles. The van der Waals surface area contributed by atoms with Gasteiger partial charge in [-0.15, -0.1) is 0 Å². The van der Waals surface area contributed by atoms with Gasteiger partial charge in [-0.05, 0) is 0 Å². The zero-order valence-corrected chi connectivity index (χ0v) is 10.0. The molecule has 10 heteroatoms. The molecular weight excluding hydrogens is 265 g/mol. The number of rotatable bonds is 5. The van der Waals surface area contributed by atoms with Crippen molar-refractivity contribution in [2.75, 3.05) is 30.8 Å². The average molecular weight is 278 g/mol. The van der Waals surface area contributed by atoms with Crippen LogP contribution in [0, 0.1) is 0 Å². The molecule has 0 atom stereocenters. The van der Waals surface area contributed by atoms with Gasteiger partial charge in [0.25, 0.3) is 0 Å². The minimum atomic E-state index is -4.63. The van der Waals surface area contributed by atoms with Crippen molar-refractivity contribution in [2.24, 2.45) is 5.73 Å². The first-order valence-corrected chi connectivity index (χ1v) is 5.24. The third-order valence-electron chi connectivity index (χ3n) is 1.97. The van der Waals surface area contributed by atoms with E-state index >= 15 is 0 Å². The molecule has 1 heterocycles. The van der Waals surface area contributed by atoms with Gasteiger partial charge in [0.1, 0.15) is 11.6 Å². The van der Waals surface area contributed by atoms with Gasteiger partial charge in [0.2, 0.25) is 5.82 Å². The summed E-state index contributed by atoms with van der Waals surface area (Å²) < 4.78 is 37.6. The average Bonchev–Trinajstić information content (AvgIpc) is 2.33. The van der Waals surface area contributed by atoms with Gasteiger partial charge in [0.05, 0.1) is 0 Å². The Balaban J connectivity index is 2.74. The molecule has 1 rings (SSSR count). The number of hydrogen-bond acceptors (Lipinski definition) is 5. The van der Waals surface area contributed by atoms with Crippen LogP contribution in [0.3, 0.4) is 0 Å². The summed E-state index contributed by atoms with van der Waals surface area (Å²) in [4.78, 5) is 17.0. The number of carbonyl (C=O) groups is 1. The molecule has 19 heavy (non-hydrogen) atoms. The number of nitrogens with zero attached hydrogens (tertiary/aromatic N) is 2. The van der Waals surface area contributed by atoms with Gasteiger partial charge in [-0.3, -0.25) is 0 Å². The molecule has 0 bridgehead atoms. The number of alkyl halides is 3. The van der Waals surface area contributed by atoms with Gasteiger partial charge in [-0.2, -0.15) is 13.2 Å². The zero-order chi connectivity index (χ0) is 14.5. The molecule has 0 aromatic carbocycles. The van der Waals surface area contributed by atoms with E-state index in [0.717, 1.165) is 0 Å². The highest BCUT2D eigenvalue weighted by molar-refractivity contribution is 5.71. The first-order valence-electron chi connectivity index (χ1n) is 5.24.